The molecule has 0 atom stereocenters. The molecule has 0 unspecified atom stereocenters. The average Bonchev–Trinajstić information content (AvgIpc) is 1.51. The van der Waals surface area contributed by atoms with Gasteiger partial charge in [-0.1, -0.05) is 237 Å². The van der Waals surface area contributed by atoms with E-state index in [1.807, 2.05) is 0 Å². The Morgan fingerprint density at radius 2 is 0.627 bits per heavy atom. The third kappa shape index (κ3) is 9.45. The SMILES string of the molecule is [C-]#[N+]c1cc(-c2nc(-c3cccc4sc5ccccc5c34)nc(-c3cccc4sc5ccccc5c34)n2)c(-n2c3ccc(-c4ccccc4)cc3c3c4oc5ccc(-c6ccccc6)cc5c4ccc32)c(-c2ccccc2)c1-n1c2ccc(-c3ccccc3)cc2c2c3oc4ccc(-c5ccccc5)cc4c3ccc21. The second kappa shape index (κ2) is 24.4. The molecule has 7 aromatic heterocycles. The van der Waals surface area contributed by atoms with Crippen LogP contribution in [0.1, 0.15) is 0 Å². The number of furan rings is 2. The number of benzene rings is 16. The lowest BCUT2D eigenvalue weighted by Crippen LogP contribution is -2.08. The molecule has 0 aliphatic carbocycles. The van der Waals surface area contributed by atoms with Crippen LogP contribution in [-0.2, 0) is 0 Å². The second-order valence-corrected chi connectivity index (χ2v) is 30.4. The molecular weight excluding hydrogens is 1380 g/mol. The number of aromatic nitrogens is 5. The summed E-state index contributed by atoms with van der Waals surface area (Å²) in [6, 6.07) is 121. The van der Waals surface area contributed by atoms with Crippen molar-refractivity contribution in [3.05, 3.63) is 351 Å². The molecule has 0 N–H and O–H groups in total. The summed E-state index contributed by atoms with van der Waals surface area (Å²) in [5.74, 6) is 1.41. The summed E-state index contributed by atoms with van der Waals surface area (Å²) in [4.78, 5) is 22.4. The van der Waals surface area contributed by atoms with Gasteiger partial charge in [0.05, 0.1) is 50.8 Å². The lowest BCUT2D eigenvalue weighted by molar-refractivity contribution is 0.672. The molecule has 16 aromatic carbocycles. The van der Waals surface area contributed by atoms with Crippen molar-refractivity contribution in [2.75, 3.05) is 0 Å². The van der Waals surface area contributed by atoms with Crippen LogP contribution in [0.2, 0.25) is 0 Å². The zero-order valence-electron chi connectivity index (χ0n) is 58.6. The zero-order valence-corrected chi connectivity index (χ0v) is 60.3. The highest BCUT2D eigenvalue weighted by Gasteiger charge is 2.33. The van der Waals surface area contributed by atoms with Crippen molar-refractivity contribution in [1.29, 1.82) is 0 Å². The molecule has 110 heavy (non-hydrogen) atoms. The third-order valence-electron chi connectivity index (χ3n) is 22.2. The molecule has 0 aliphatic heterocycles. The summed E-state index contributed by atoms with van der Waals surface area (Å²) < 4.78 is 24.0. The van der Waals surface area contributed by atoms with Crippen LogP contribution in [0.3, 0.4) is 0 Å². The van der Waals surface area contributed by atoms with E-state index in [0.29, 0.717) is 34.4 Å². The van der Waals surface area contributed by atoms with Crippen LogP contribution < -0.4 is 0 Å². The van der Waals surface area contributed by atoms with E-state index >= 15 is 0 Å². The van der Waals surface area contributed by atoms with Crippen LogP contribution in [0.25, 0.3) is 234 Å². The molecule has 0 saturated heterocycles. The van der Waals surface area contributed by atoms with E-state index < -0.39 is 0 Å². The van der Waals surface area contributed by atoms with Gasteiger partial charge >= 0.3 is 0 Å². The predicted molar refractivity (Wildman–Crippen MR) is 459 cm³/mol. The van der Waals surface area contributed by atoms with E-state index in [2.05, 4.69) is 349 Å². The first-order chi connectivity index (χ1) is 54.5. The Balaban J connectivity index is 0.901. The number of nitrogens with zero attached hydrogens (tertiary/aromatic N) is 6. The average molecular weight is 1440 g/mol. The van der Waals surface area contributed by atoms with E-state index in [4.69, 9.17) is 28.6 Å². The van der Waals surface area contributed by atoms with Gasteiger partial charge in [0.2, 0.25) is 5.69 Å². The minimum absolute atomic E-state index is 0.382. The van der Waals surface area contributed by atoms with E-state index in [-0.39, 0.29) is 0 Å². The molecule has 7 heterocycles. The monoisotopic (exact) mass is 1440 g/mol. The van der Waals surface area contributed by atoms with Crippen molar-refractivity contribution in [2.24, 2.45) is 0 Å². The topological polar surface area (TPSA) is 79.2 Å². The van der Waals surface area contributed by atoms with Crippen molar-refractivity contribution in [2.45, 2.75) is 0 Å². The maximum atomic E-state index is 9.96. The number of fused-ring (bicyclic) bond motifs is 20. The summed E-state index contributed by atoms with van der Waals surface area (Å²) in [6.07, 6.45) is 0. The molecule has 0 saturated carbocycles. The van der Waals surface area contributed by atoms with Crippen molar-refractivity contribution in [1.82, 2.24) is 24.1 Å². The Morgan fingerprint density at radius 1 is 0.264 bits per heavy atom. The largest absolute Gasteiger partial charge is 0.455 e. The van der Waals surface area contributed by atoms with Crippen LogP contribution in [0.4, 0.5) is 5.69 Å². The van der Waals surface area contributed by atoms with E-state index in [1.54, 1.807) is 22.7 Å². The van der Waals surface area contributed by atoms with Crippen LogP contribution in [0.5, 0.6) is 0 Å². The van der Waals surface area contributed by atoms with Crippen molar-refractivity contribution in [3.63, 3.8) is 0 Å². The zero-order chi connectivity index (χ0) is 72.2. The molecule has 0 aliphatic rings. The highest BCUT2D eigenvalue weighted by Crippen LogP contribution is 2.54. The quantitative estimate of drug-likeness (QED) is 0.128. The van der Waals surface area contributed by atoms with Crippen molar-refractivity contribution in [3.8, 4) is 101 Å². The first kappa shape index (κ1) is 61.9. The minimum Gasteiger partial charge on any atom is -0.455 e. The summed E-state index contributed by atoms with van der Waals surface area (Å²) in [7, 11) is 0. The number of hydrogen-bond donors (Lipinski definition) is 0. The fraction of sp³-hybridized carbons (Fsp3) is 0. The Morgan fingerprint density at radius 3 is 1.06 bits per heavy atom. The summed E-state index contributed by atoms with van der Waals surface area (Å²) >= 11 is 3.53. The Kier molecular flexibility index (Phi) is 13.7. The van der Waals surface area contributed by atoms with E-state index in [1.165, 1.54) is 9.40 Å². The number of hydrogen-bond acceptors (Lipinski definition) is 7. The van der Waals surface area contributed by atoms with Crippen LogP contribution in [-0.4, -0.2) is 24.1 Å². The maximum Gasteiger partial charge on any atom is 0.212 e. The van der Waals surface area contributed by atoms with E-state index in [9.17, 15) is 6.57 Å². The second-order valence-electron chi connectivity index (χ2n) is 28.3. The first-order valence-electron chi connectivity index (χ1n) is 36.8. The summed E-state index contributed by atoms with van der Waals surface area (Å²) in [5, 5.41) is 12.2. The molecule has 23 rings (SSSR count). The highest BCUT2D eigenvalue weighted by molar-refractivity contribution is 7.26. The highest BCUT2D eigenvalue weighted by atomic mass is 32.1. The van der Waals surface area contributed by atoms with Crippen LogP contribution in [0.15, 0.2) is 349 Å². The van der Waals surface area contributed by atoms with Gasteiger partial charge in [0.1, 0.15) is 22.3 Å². The van der Waals surface area contributed by atoms with Gasteiger partial charge in [-0.25, -0.2) is 19.8 Å². The normalized spacial score (nSPS) is 12.0. The fourth-order valence-electron chi connectivity index (χ4n) is 17.3. The molecule has 8 nitrogen and oxygen atoms in total. The van der Waals surface area contributed by atoms with Gasteiger partial charge in [-0.15, -0.1) is 22.7 Å². The van der Waals surface area contributed by atoms with Crippen LogP contribution in [0, 0.1) is 6.57 Å². The molecule has 510 valence electrons. The fourth-order valence-corrected chi connectivity index (χ4v) is 19.6. The first-order valence-corrected chi connectivity index (χ1v) is 38.4. The van der Waals surface area contributed by atoms with Crippen LogP contribution >= 0.6 is 22.7 Å². The molecule has 0 amide bonds. The number of thiophene rings is 2. The smallest absolute Gasteiger partial charge is 0.212 e. The molecule has 0 fully saturated rings. The molecule has 0 spiro atoms. The van der Waals surface area contributed by atoms with Crippen molar-refractivity contribution >= 4 is 156 Å². The molecular formula is C100H56N6O2S2. The Hall–Kier alpha value is -14.3. The van der Waals surface area contributed by atoms with Gasteiger partial charge in [0.15, 0.2) is 17.5 Å². The van der Waals surface area contributed by atoms with Gasteiger partial charge in [-0.3, -0.25) is 0 Å². The molecule has 10 heteroatoms. The number of rotatable bonds is 10. The lowest BCUT2D eigenvalue weighted by atomic mass is 9.94. The van der Waals surface area contributed by atoms with Gasteiger partial charge in [-0.2, -0.15) is 0 Å². The van der Waals surface area contributed by atoms with Gasteiger partial charge in [0.25, 0.3) is 0 Å². The Labute approximate surface area is 637 Å². The van der Waals surface area contributed by atoms with E-state index in [0.717, 1.165) is 191 Å². The van der Waals surface area contributed by atoms with Gasteiger partial charge < -0.3 is 18.0 Å². The van der Waals surface area contributed by atoms with Gasteiger partial charge in [-0.05, 0) is 153 Å². The molecule has 0 radical (unpaired) electrons. The maximum absolute atomic E-state index is 9.96. The lowest BCUT2D eigenvalue weighted by Gasteiger charge is -2.24. The minimum atomic E-state index is 0.382. The Bertz CT molecular complexity index is 7710. The molecule has 23 aromatic rings. The van der Waals surface area contributed by atoms with Gasteiger partial charge in [0, 0.05) is 94.9 Å². The van der Waals surface area contributed by atoms with Crippen molar-refractivity contribution < 1.29 is 8.83 Å². The third-order valence-corrected chi connectivity index (χ3v) is 24.5. The predicted octanol–water partition coefficient (Wildman–Crippen LogP) is 28.5. The summed E-state index contributed by atoms with van der Waals surface area (Å²) in [6.45, 7) is 9.96. The summed E-state index contributed by atoms with van der Waals surface area (Å²) in [5.41, 5.74) is 21.2. The molecule has 0 bridgehead atoms. The standard InChI is InChI=1S/C100H56N6O2S2/c1-101-78-57-77(100-103-98(71-35-21-39-87-90(71)69-33-17-19-37-85(69)109-87)102-99(104-100)72-36-22-40-88-91(72)70-34-18-20-38-86(70)110-88)94(105-79-47-41-63(58-23-7-2-8-24-58)55-75(79)92-81(105)49-45-67-73-53-65(60-27-11-4-12-28-60)43-51-83(73)107-96(67)92)89(62-31-15-6-16-32-62)95(78)106-80-48-42-64(59-25-9-3-10-26-59)56-76(80)93-82(106)50-46-68-74-54-66(61-29-13-5-14-30-61)44-52-84(74)108-97(68)93/h2-57H.